The van der Waals surface area contributed by atoms with E-state index in [-0.39, 0.29) is 29.4 Å². The van der Waals surface area contributed by atoms with Crippen molar-refractivity contribution in [2.45, 2.75) is 31.2 Å². The van der Waals surface area contributed by atoms with Crippen molar-refractivity contribution in [1.82, 2.24) is 0 Å². The molecule has 1 fully saturated rings. The fourth-order valence-electron chi connectivity index (χ4n) is 3.59. The third kappa shape index (κ3) is 1.79. The normalized spacial score (nSPS) is 38.4. The van der Waals surface area contributed by atoms with Crippen molar-refractivity contribution in [2.24, 2.45) is 11.8 Å². The molecule has 6 nitrogen and oxygen atoms in total. The van der Waals surface area contributed by atoms with Crippen molar-refractivity contribution in [1.29, 1.82) is 0 Å². The molecular weight excluding hydrogens is 276 g/mol. The molecule has 1 aromatic rings. The number of phenols is 1. The molecule has 21 heavy (non-hydrogen) atoms. The molecule has 0 spiro atoms. The molecule has 1 aromatic carbocycles. The molecule has 4 N–H and O–H groups in total. The van der Waals surface area contributed by atoms with E-state index in [2.05, 4.69) is 0 Å². The Bertz CT molecular complexity index is 586. The van der Waals surface area contributed by atoms with Crippen LogP contribution in [0.2, 0.25) is 0 Å². The first-order valence-electron chi connectivity index (χ1n) is 6.94. The molecule has 114 valence electrons. The number of ether oxygens (including phenoxy) is 1. The van der Waals surface area contributed by atoms with Crippen LogP contribution in [0.4, 0.5) is 0 Å². The molecule has 2 aliphatic rings. The number of fused-ring (bicyclic) bond motifs is 2. The topological polar surface area (TPSA) is 107 Å². The zero-order chi connectivity index (χ0) is 15.4. The van der Waals surface area contributed by atoms with E-state index in [1.165, 1.54) is 18.2 Å². The molecular formula is C15H18O6. The summed E-state index contributed by atoms with van der Waals surface area (Å²) in [6.45, 7) is 1.13. The fourth-order valence-corrected chi connectivity index (χ4v) is 3.59. The van der Waals surface area contributed by atoms with Gasteiger partial charge >= 0.3 is 0 Å². The summed E-state index contributed by atoms with van der Waals surface area (Å²) < 4.78 is 5.74. The van der Waals surface area contributed by atoms with Gasteiger partial charge < -0.3 is 25.2 Å². The zero-order valence-corrected chi connectivity index (χ0v) is 11.6. The molecule has 0 aromatic heterocycles. The highest BCUT2D eigenvalue weighted by Crippen LogP contribution is 2.48. The van der Waals surface area contributed by atoms with Crippen molar-refractivity contribution in [3.8, 4) is 11.5 Å². The summed E-state index contributed by atoms with van der Waals surface area (Å²) in [5.41, 5.74) is -1.58. The predicted molar refractivity (Wildman–Crippen MR) is 72.2 cm³/mol. The average Bonchev–Trinajstić information content (AvgIpc) is 2.44. The molecule has 0 radical (unpaired) electrons. The van der Waals surface area contributed by atoms with Gasteiger partial charge in [-0.05, 0) is 24.5 Å². The van der Waals surface area contributed by atoms with Gasteiger partial charge in [0.2, 0.25) is 0 Å². The number of Topliss-reactive ketones (excluding diaryl/α,β-unsaturated/α-hetero) is 1. The Balaban J connectivity index is 2.19. The van der Waals surface area contributed by atoms with Gasteiger partial charge in [-0.15, -0.1) is 0 Å². The van der Waals surface area contributed by atoms with Crippen LogP contribution >= 0.6 is 0 Å². The first kappa shape index (κ1) is 14.3. The van der Waals surface area contributed by atoms with E-state index < -0.39 is 36.1 Å². The molecule has 3 rings (SSSR count). The van der Waals surface area contributed by atoms with E-state index >= 15 is 0 Å². The number of aliphatic hydroxyl groups excluding tert-OH is 3. The van der Waals surface area contributed by atoms with Crippen LogP contribution in [-0.2, 0) is 0 Å². The van der Waals surface area contributed by atoms with Crippen LogP contribution in [0.5, 0.6) is 11.5 Å². The van der Waals surface area contributed by atoms with E-state index in [1.54, 1.807) is 6.92 Å². The van der Waals surface area contributed by atoms with Gasteiger partial charge in [0.1, 0.15) is 17.1 Å². The van der Waals surface area contributed by atoms with Crippen molar-refractivity contribution >= 4 is 5.78 Å². The quantitative estimate of drug-likeness (QED) is 0.584. The van der Waals surface area contributed by atoms with Gasteiger partial charge in [0.05, 0.1) is 24.7 Å². The highest BCUT2D eigenvalue weighted by Gasteiger charge is 2.61. The Hall–Kier alpha value is -1.63. The first-order chi connectivity index (χ1) is 9.92. The van der Waals surface area contributed by atoms with Gasteiger partial charge in [-0.25, -0.2) is 0 Å². The van der Waals surface area contributed by atoms with Gasteiger partial charge in [-0.1, -0.05) is 13.0 Å². The fraction of sp³-hybridized carbons (Fsp3) is 0.533. The molecule has 1 heterocycles. The van der Waals surface area contributed by atoms with E-state index in [0.717, 1.165) is 0 Å². The molecule has 0 saturated heterocycles. The van der Waals surface area contributed by atoms with Gasteiger partial charge in [0.15, 0.2) is 11.4 Å². The third-order valence-corrected chi connectivity index (χ3v) is 4.64. The highest BCUT2D eigenvalue weighted by molar-refractivity contribution is 6.05. The summed E-state index contributed by atoms with van der Waals surface area (Å²) in [7, 11) is 0. The maximum atomic E-state index is 12.7. The number of hydrogen-bond donors (Lipinski definition) is 4. The van der Waals surface area contributed by atoms with Crippen LogP contribution in [0.15, 0.2) is 18.2 Å². The summed E-state index contributed by atoms with van der Waals surface area (Å²) in [6, 6.07) is 4.38. The Labute approximate surface area is 121 Å². The number of aromatic hydroxyl groups is 1. The minimum Gasteiger partial charge on any atom is -0.507 e. The number of aliphatic hydroxyl groups is 3. The Morgan fingerprint density at radius 3 is 2.76 bits per heavy atom. The standard InChI is InChI=1S/C15H18O6/c1-7-5-9(18)12-13(19)11-8(17)3-2-4-10(11)21-15(12,6-16)14(7)20/h2-4,7,9,12,14,16-18,20H,5-6H2,1H3/t7-,9-,12+,14-,15+/m1/s1. The second-order valence-electron chi connectivity index (χ2n) is 5.93. The van der Waals surface area contributed by atoms with E-state index in [0.29, 0.717) is 0 Å². The van der Waals surface area contributed by atoms with Crippen LogP contribution in [-0.4, -0.2) is 50.6 Å². The summed E-state index contributed by atoms with van der Waals surface area (Å²) >= 11 is 0. The van der Waals surface area contributed by atoms with Gasteiger partial charge in [0, 0.05) is 0 Å². The van der Waals surface area contributed by atoms with Crippen LogP contribution in [0.1, 0.15) is 23.7 Å². The average molecular weight is 294 g/mol. The SMILES string of the molecule is C[C@@H]1C[C@@H](O)[C@H]2C(=O)c3c(O)cccc3O[C@]2(CO)[C@@H]1O. The molecule has 1 saturated carbocycles. The number of phenolic OH excluding ortho intramolecular Hbond substituents is 1. The maximum Gasteiger partial charge on any atom is 0.180 e. The van der Waals surface area contributed by atoms with Crippen LogP contribution in [0, 0.1) is 11.8 Å². The van der Waals surface area contributed by atoms with Gasteiger partial charge in [-0.2, -0.15) is 0 Å². The smallest absolute Gasteiger partial charge is 0.180 e. The Kier molecular flexibility index (Phi) is 3.20. The number of carbonyl (C=O) groups excluding carboxylic acids is 1. The minimum absolute atomic E-state index is 0.00706. The first-order valence-corrected chi connectivity index (χ1v) is 6.94. The Morgan fingerprint density at radius 1 is 1.38 bits per heavy atom. The number of benzene rings is 1. The van der Waals surface area contributed by atoms with E-state index in [4.69, 9.17) is 4.74 Å². The van der Waals surface area contributed by atoms with Crippen LogP contribution in [0.3, 0.4) is 0 Å². The highest BCUT2D eigenvalue weighted by atomic mass is 16.5. The number of hydrogen-bond acceptors (Lipinski definition) is 6. The van der Waals surface area contributed by atoms with Crippen LogP contribution in [0.25, 0.3) is 0 Å². The predicted octanol–water partition coefficient (Wildman–Crippen LogP) is 0.0762. The lowest BCUT2D eigenvalue weighted by Crippen LogP contribution is -2.68. The molecule has 0 bridgehead atoms. The van der Waals surface area contributed by atoms with E-state index in [9.17, 15) is 25.2 Å². The molecule has 0 amide bonds. The second kappa shape index (κ2) is 4.69. The lowest BCUT2D eigenvalue weighted by atomic mass is 9.64. The maximum absolute atomic E-state index is 12.7. The van der Waals surface area contributed by atoms with Crippen LogP contribution < -0.4 is 4.74 Å². The zero-order valence-electron chi connectivity index (χ0n) is 11.6. The lowest BCUT2D eigenvalue weighted by molar-refractivity contribution is -0.183. The number of ketones is 1. The van der Waals surface area contributed by atoms with Crippen molar-refractivity contribution in [2.75, 3.05) is 6.61 Å². The number of rotatable bonds is 1. The van der Waals surface area contributed by atoms with E-state index in [1.807, 2.05) is 0 Å². The third-order valence-electron chi connectivity index (χ3n) is 4.64. The van der Waals surface area contributed by atoms with Gasteiger partial charge in [-0.3, -0.25) is 4.79 Å². The summed E-state index contributed by atoms with van der Waals surface area (Å²) in [5.74, 6) is -2.05. The summed E-state index contributed by atoms with van der Waals surface area (Å²) in [6.07, 6.45) is -1.91. The minimum atomic E-state index is -1.57. The molecule has 5 atom stereocenters. The molecule has 1 aliphatic carbocycles. The van der Waals surface area contributed by atoms with Gasteiger partial charge in [0.25, 0.3) is 0 Å². The summed E-state index contributed by atoms with van der Waals surface area (Å²) in [5, 5.41) is 40.4. The number of carbonyl (C=O) groups is 1. The second-order valence-corrected chi connectivity index (χ2v) is 5.93. The van der Waals surface area contributed by atoms with Crippen molar-refractivity contribution in [3.63, 3.8) is 0 Å². The lowest BCUT2D eigenvalue weighted by Gasteiger charge is -2.52. The summed E-state index contributed by atoms with van der Waals surface area (Å²) in [4.78, 5) is 12.7. The molecule has 6 heteroatoms. The Morgan fingerprint density at radius 2 is 2.10 bits per heavy atom. The molecule has 1 aliphatic heterocycles. The van der Waals surface area contributed by atoms with Crippen molar-refractivity contribution < 1.29 is 30.0 Å². The van der Waals surface area contributed by atoms with Crippen molar-refractivity contribution in [3.05, 3.63) is 23.8 Å². The monoisotopic (exact) mass is 294 g/mol. The molecule has 0 unspecified atom stereocenters. The largest absolute Gasteiger partial charge is 0.507 e.